The number of para-hydroxylation sites is 1. The molecule has 1 aromatic carbocycles. The van der Waals surface area contributed by atoms with Gasteiger partial charge in [-0.15, -0.1) is 0 Å². The summed E-state index contributed by atoms with van der Waals surface area (Å²) in [5, 5.41) is 10.6. The minimum atomic E-state index is -0.518. The van der Waals surface area contributed by atoms with Gasteiger partial charge in [0.25, 0.3) is 5.69 Å². The molecule has 2 atom stereocenters. The molecule has 5 nitrogen and oxygen atoms in total. The highest BCUT2D eigenvalue weighted by molar-refractivity contribution is 5.63. The molecule has 1 heterocycles. The third kappa shape index (κ3) is 1.38. The molecule has 1 aliphatic rings. The Balaban J connectivity index is 2.34. The third-order valence-corrected chi connectivity index (χ3v) is 2.10. The van der Waals surface area contributed by atoms with Gasteiger partial charge in [-0.3, -0.25) is 10.1 Å². The Kier molecular flexibility index (Phi) is 2.01. The minimum Gasteiger partial charge on any atom is -0.356 e. The van der Waals surface area contributed by atoms with E-state index in [0.29, 0.717) is 11.8 Å². The van der Waals surface area contributed by atoms with E-state index in [2.05, 4.69) is 0 Å². The second kappa shape index (κ2) is 3.19. The average molecular weight is 193 g/mol. The first-order valence-electron chi connectivity index (χ1n) is 4.08. The van der Waals surface area contributed by atoms with E-state index in [4.69, 9.17) is 4.74 Å². The van der Waals surface area contributed by atoms with Gasteiger partial charge in [-0.25, -0.2) is 0 Å². The van der Waals surface area contributed by atoms with Gasteiger partial charge in [-0.05, 0) is 6.07 Å². The van der Waals surface area contributed by atoms with Crippen molar-refractivity contribution < 1.29 is 14.5 Å². The first-order valence-corrected chi connectivity index (χ1v) is 4.08. The number of carbonyl (C=O) groups is 1. The van der Waals surface area contributed by atoms with Gasteiger partial charge in [0, 0.05) is 6.07 Å². The van der Waals surface area contributed by atoms with Gasteiger partial charge in [0.2, 0.25) is 0 Å². The molecule has 5 heteroatoms. The summed E-state index contributed by atoms with van der Waals surface area (Å²) in [6, 6.07) is 6.27. The second-order valence-corrected chi connectivity index (χ2v) is 2.97. The molecule has 1 aliphatic heterocycles. The highest BCUT2D eigenvalue weighted by Crippen LogP contribution is 2.41. The summed E-state index contributed by atoms with van der Waals surface area (Å²) < 4.78 is 4.97. The average Bonchev–Trinajstić information content (AvgIpc) is 2.96. The molecule has 1 aromatic rings. The van der Waals surface area contributed by atoms with Crippen LogP contribution in [0.4, 0.5) is 5.69 Å². The van der Waals surface area contributed by atoms with Crippen LogP contribution in [-0.2, 0) is 9.53 Å². The molecule has 0 radical (unpaired) electrons. The molecule has 0 aliphatic carbocycles. The summed E-state index contributed by atoms with van der Waals surface area (Å²) >= 11 is 0. The van der Waals surface area contributed by atoms with E-state index < -0.39 is 17.1 Å². The van der Waals surface area contributed by atoms with Crippen molar-refractivity contribution >= 4 is 12.0 Å². The Morgan fingerprint density at radius 3 is 2.71 bits per heavy atom. The van der Waals surface area contributed by atoms with Crippen LogP contribution >= 0.6 is 0 Å². The molecule has 0 spiro atoms. The summed E-state index contributed by atoms with van der Waals surface area (Å²) in [4.78, 5) is 20.5. The number of epoxide rings is 1. The van der Waals surface area contributed by atoms with Crippen molar-refractivity contribution in [2.75, 3.05) is 0 Å². The molecule has 0 saturated carbocycles. The minimum absolute atomic E-state index is 0.00171. The predicted octanol–water partition coefficient (Wildman–Crippen LogP) is 1.23. The van der Waals surface area contributed by atoms with Crippen LogP contribution in [0.2, 0.25) is 0 Å². The fourth-order valence-corrected chi connectivity index (χ4v) is 1.37. The molecule has 14 heavy (non-hydrogen) atoms. The van der Waals surface area contributed by atoms with E-state index >= 15 is 0 Å². The molecule has 1 fully saturated rings. The van der Waals surface area contributed by atoms with Gasteiger partial charge in [0.15, 0.2) is 6.29 Å². The van der Waals surface area contributed by atoms with Crippen LogP contribution in [-0.4, -0.2) is 17.3 Å². The summed E-state index contributed by atoms with van der Waals surface area (Å²) in [6.45, 7) is 0. The topological polar surface area (TPSA) is 72.7 Å². The lowest BCUT2D eigenvalue weighted by atomic mass is 10.1. The number of rotatable bonds is 3. The Morgan fingerprint density at radius 1 is 1.43 bits per heavy atom. The van der Waals surface area contributed by atoms with E-state index in [9.17, 15) is 14.9 Å². The van der Waals surface area contributed by atoms with Crippen molar-refractivity contribution in [2.45, 2.75) is 12.2 Å². The zero-order valence-corrected chi connectivity index (χ0v) is 7.12. The fourth-order valence-electron chi connectivity index (χ4n) is 1.37. The Hall–Kier alpha value is -1.75. The standard InChI is InChI=1S/C9H7NO4/c11-5-8-9(14-8)6-3-1-2-4-7(6)10(12)13/h1-5,8-9H/t8-,9-/m1/s1. The summed E-state index contributed by atoms with van der Waals surface area (Å²) in [6.07, 6.45) is -0.299. The van der Waals surface area contributed by atoms with Gasteiger partial charge in [0.1, 0.15) is 12.2 Å². The molecular weight excluding hydrogens is 186 g/mol. The fraction of sp³-hybridized carbons (Fsp3) is 0.222. The Morgan fingerprint density at radius 2 is 2.14 bits per heavy atom. The van der Waals surface area contributed by atoms with Crippen LogP contribution < -0.4 is 0 Å². The summed E-state index contributed by atoms with van der Waals surface area (Å²) in [5.74, 6) is 0. The van der Waals surface area contributed by atoms with Gasteiger partial charge < -0.3 is 9.53 Å². The van der Waals surface area contributed by atoms with E-state index in [0.717, 1.165) is 0 Å². The highest BCUT2D eigenvalue weighted by atomic mass is 16.6. The number of nitrogens with zero attached hydrogens (tertiary/aromatic N) is 1. The second-order valence-electron chi connectivity index (χ2n) is 2.97. The summed E-state index contributed by atoms with van der Waals surface area (Å²) in [5.41, 5.74) is 0.469. The third-order valence-electron chi connectivity index (χ3n) is 2.10. The number of hydrogen-bond acceptors (Lipinski definition) is 4. The van der Waals surface area contributed by atoms with Gasteiger partial charge in [-0.1, -0.05) is 12.1 Å². The van der Waals surface area contributed by atoms with Gasteiger partial charge in [-0.2, -0.15) is 0 Å². The first kappa shape index (κ1) is 8.83. The number of nitro groups is 1. The van der Waals surface area contributed by atoms with Crippen molar-refractivity contribution in [3.05, 3.63) is 39.9 Å². The van der Waals surface area contributed by atoms with Crippen LogP contribution in [0.25, 0.3) is 0 Å². The molecule has 2 rings (SSSR count). The van der Waals surface area contributed by atoms with Crippen molar-refractivity contribution in [1.82, 2.24) is 0 Å². The number of carbonyl (C=O) groups excluding carboxylic acids is 1. The molecule has 72 valence electrons. The Labute approximate surface area is 79.4 Å². The number of aldehydes is 1. The maximum Gasteiger partial charge on any atom is 0.275 e. The molecule has 0 bridgehead atoms. The maximum atomic E-state index is 10.6. The molecule has 0 aromatic heterocycles. The number of benzene rings is 1. The smallest absolute Gasteiger partial charge is 0.275 e. The lowest BCUT2D eigenvalue weighted by Crippen LogP contribution is -1.96. The molecular formula is C9H7NO4. The molecule has 1 saturated heterocycles. The van der Waals surface area contributed by atoms with Crippen LogP contribution in [0.5, 0.6) is 0 Å². The van der Waals surface area contributed by atoms with Crippen molar-refractivity contribution in [3.8, 4) is 0 Å². The number of ether oxygens (including phenoxy) is 1. The molecule has 0 amide bonds. The highest BCUT2D eigenvalue weighted by Gasteiger charge is 2.43. The zero-order chi connectivity index (χ0) is 10.1. The number of nitro benzene ring substituents is 1. The first-order chi connectivity index (χ1) is 6.74. The quantitative estimate of drug-likeness (QED) is 0.313. The lowest BCUT2D eigenvalue weighted by Gasteiger charge is -1.96. The maximum absolute atomic E-state index is 10.6. The van der Waals surface area contributed by atoms with Gasteiger partial charge in [0.05, 0.1) is 10.5 Å². The number of hydrogen-bond donors (Lipinski definition) is 0. The van der Waals surface area contributed by atoms with E-state index in [1.54, 1.807) is 18.2 Å². The molecule has 0 unspecified atom stereocenters. The normalized spacial score (nSPS) is 24.3. The Bertz CT molecular complexity index is 390. The monoisotopic (exact) mass is 193 g/mol. The summed E-state index contributed by atoms with van der Waals surface area (Å²) in [7, 11) is 0. The van der Waals surface area contributed by atoms with Crippen LogP contribution in [0.1, 0.15) is 11.7 Å². The van der Waals surface area contributed by atoms with Gasteiger partial charge >= 0.3 is 0 Å². The van der Waals surface area contributed by atoms with Crippen molar-refractivity contribution in [2.24, 2.45) is 0 Å². The lowest BCUT2D eigenvalue weighted by molar-refractivity contribution is -0.385. The predicted molar refractivity (Wildman–Crippen MR) is 46.8 cm³/mol. The largest absolute Gasteiger partial charge is 0.356 e. The SMILES string of the molecule is O=C[C@H]1O[C@@H]1c1ccccc1[N+](=O)[O-]. The van der Waals surface area contributed by atoms with Crippen LogP contribution in [0, 0.1) is 10.1 Å². The van der Waals surface area contributed by atoms with Crippen LogP contribution in [0.3, 0.4) is 0 Å². The van der Waals surface area contributed by atoms with E-state index in [-0.39, 0.29) is 5.69 Å². The van der Waals surface area contributed by atoms with Crippen LogP contribution in [0.15, 0.2) is 24.3 Å². The van der Waals surface area contributed by atoms with Crippen molar-refractivity contribution in [1.29, 1.82) is 0 Å². The zero-order valence-electron chi connectivity index (χ0n) is 7.12. The van der Waals surface area contributed by atoms with Crippen molar-refractivity contribution in [3.63, 3.8) is 0 Å². The molecule has 0 N–H and O–H groups in total. The van der Waals surface area contributed by atoms with E-state index in [1.807, 2.05) is 0 Å². The van der Waals surface area contributed by atoms with E-state index in [1.165, 1.54) is 6.07 Å².